The number of carbonyl (C=O) groups is 1. The van der Waals surface area contributed by atoms with E-state index in [9.17, 15) is 4.79 Å². The number of rotatable bonds is 3. The molecule has 0 saturated carbocycles. The van der Waals surface area contributed by atoms with E-state index in [-0.39, 0.29) is 5.91 Å². The van der Waals surface area contributed by atoms with Gasteiger partial charge in [-0.25, -0.2) is 0 Å². The highest BCUT2D eigenvalue weighted by Gasteiger charge is 2.10. The second-order valence-corrected chi connectivity index (χ2v) is 4.13. The van der Waals surface area contributed by atoms with E-state index >= 15 is 0 Å². The average molecular weight is 225 g/mol. The van der Waals surface area contributed by atoms with E-state index < -0.39 is 0 Å². The van der Waals surface area contributed by atoms with E-state index in [2.05, 4.69) is 12.1 Å². The van der Waals surface area contributed by atoms with Crippen LogP contribution in [0.25, 0.3) is 0 Å². The number of nitrogens with two attached hydrogens (primary N) is 1. The van der Waals surface area contributed by atoms with Crippen molar-refractivity contribution in [2.45, 2.75) is 13.3 Å². The first-order valence-electron chi connectivity index (χ1n) is 5.60. The van der Waals surface area contributed by atoms with Crippen LogP contribution in [0, 0.1) is 6.92 Å². The summed E-state index contributed by atoms with van der Waals surface area (Å²) in [5.41, 5.74) is 9.32. The summed E-state index contributed by atoms with van der Waals surface area (Å²) < 4.78 is 0. The molecule has 0 heterocycles. The van der Waals surface area contributed by atoms with Gasteiger partial charge in [-0.05, 0) is 36.1 Å². The molecular weight excluding hydrogens is 210 g/mol. The molecular formula is C15H15NO. The molecule has 2 aromatic rings. The fourth-order valence-corrected chi connectivity index (χ4v) is 1.97. The number of hydrogen-bond donors (Lipinski definition) is 1. The van der Waals surface area contributed by atoms with Gasteiger partial charge in [0.25, 0.3) is 0 Å². The molecule has 17 heavy (non-hydrogen) atoms. The topological polar surface area (TPSA) is 43.1 Å². The van der Waals surface area contributed by atoms with Crippen molar-refractivity contribution in [2.75, 3.05) is 0 Å². The molecule has 0 bridgehead atoms. The van der Waals surface area contributed by atoms with Crippen molar-refractivity contribution in [1.29, 1.82) is 0 Å². The zero-order valence-electron chi connectivity index (χ0n) is 9.81. The van der Waals surface area contributed by atoms with E-state index in [0.29, 0.717) is 5.56 Å². The third-order valence-corrected chi connectivity index (χ3v) is 2.90. The van der Waals surface area contributed by atoms with Crippen molar-refractivity contribution < 1.29 is 4.79 Å². The summed E-state index contributed by atoms with van der Waals surface area (Å²) in [6.45, 7) is 2.00. The normalized spacial score (nSPS) is 10.2. The first-order chi connectivity index (χ1) is 8.18. The van der Waals surface area contributed by atoms with Crippen LogP contribution in [-0.4, -0.2) is 5.91 Å². The van der Waals surface area contributed by atoms with Gasteiger partial charge in [-0.2, -0.15) is 0 Å². The lowest BCUT2D eigenvalue weighted by Crippen LogP contribution is -2.14. The Kier molecular flexibility index (Phi) is 3.24. The van der Waals surface area contributed by atoms with Crippen LogP contribution in [0.4, 0.5) is 0 Å². The van der Waals surface area contributed by atoms with Gasteiger partial charge in [-0.15, -0.1) is 0 Å². The Morgan fingerprint density at radius 2 is 1.76 bits per heavy atom. The average Bonchev–Trinajstić information content (AvgIpc) is 2.33. The van der Waals surface area contributed by atoms with E-state index in [1.807, 2.05) is 37.3 Å². The molecule has 86 valence electrons. The fourth-order valence-electron chi connectivity index (χ4n) is 1.97. The predicted molar refractivity (Wildman–Crippen MR) is 68.9 cm³/mol. The van der Waals surface area contributed by atoms with E-state index in [1.54, 1.807) is 6.07 Å². The Morgan fingerprint density at radius 1 is 1.06 bits per heavy atom. The second kappa shape index (κ2) is 4.83. The molecule has 0 aromatic heterocycles. The van der Waals surface area contributed by atoms with Crippen molar-refractivity contribution in [3.8, 4) is 0 Å². The molecule has 2 rings (SSSR count). The molecule has 1 amide bonds. The minimum Gasteiger partial charge on any atom is -0.366 e. The van der Waals surface area contributed by atoms with Crippen LogP contribution in [0.15, 0.2) is 48.5 Å². The lowest BCUT2D eigenvalue weighted by atomic mass is 9.95. The molecule has 2 N–H and O–H groups in total. The summed E-state index contributed by atoms with van der Waals surface area (Å²) in [6.07, 6.45) is 0.742. The first kappa shape index (κ1) is 11.4. The maximum absolute atomic E-state index is 11.4. The van der Waals surface area contributed by atoms with E-state index in [0.717, 1.165) is 17.5 Å². The Labute approximate surface area is 101 Å². The van der Waals surface area contributed by atoms with Crippen LogP contribution >= 0.6 is 0 Å². The van der Waals surface area contributed by atoms with Gasteiger partial charge in [0.15, 0.2) is 0 Å². The van der Waals surface area contributed by atoms with Crippen LogP contribution in [0.5, 0.6) is 0 Å². The van der Waals surface area contributed by atoms with Crippen molar-refractivity contribution in [1.82, 2.24) is 0 Å². The van der Waals surface area contributed by atoms with Crippen molar-refractivity contribution in [3.63, 3.8) is 0 Å². The van der Waals surface area contributed by atoms with Gasteiger partial charge in [-0.1, -0.05) is 42.5 Å². The zero-order valence-corrected chi connectivity index (χ0v) is 9.81. The van der Waals surface area contributed by atoms with Gasteiger partial charge in [0.05, 0.1) is 0 Å². The van der Waals surface area contributed by atoms with Gasteiger partial charge in [-0.3, -0.25) is 4.79 Å². The number of carbonyl (C=O) groups excluding carboxylic acids is 1. The monoisotopic (exact) mass is 225 g/mol. The van der Waals surface area contributed by atoms with Crippen molar-refractivity contribution in [2.24, 2.45) is 5.73 Å². The van der Waals surface area contributed by atoms with Gasteiger partial charge in [0.2, 0.25) is 5.91 Å². The molecule has 2 nitrogen and oxygen atoms in total. The summed E-state index contributed by atoms with van der Waals surface area (Å²) in [5, 5.41) is 0. The molecule has 0 unspecified atom stereocenters. The molecule has 2 heteroatoms. The predicted octanol–water partition coefficient (Wildman–Crippen LogP) is 2.68. The maximum Gasteiger partial charge on any atom is 0.248 e. The molecule has 0 aliphatic rings. The highest BCUT2D eigenvalue weighted by atomic mass is 16.1. The third-order valence-electron chi connectivity index (χ3n) is 2.90. The summed E-state index contributed by atoms with van der Waals surface area (Å²) in [5.74, 6) is -0.361. The Bertz CT molecular complexity index is 532. The quantitative estimate of drug-likeness (QED) is 0.857. The highest BCUT2D eigenvalue weighted by molar-refractivity contribution is 5.94. The van der Waals surface area contributed by atoms with Gasteiger partial charge < -0.3 is 5.73 Å². The Morgan fingerprint density at radius 3 is 2.41 bits per heavy atom. The zero-order chi connectivity index (χ0) is 12.3. The lowest BCUT2D eigenvalue weighted by Gasteiger charge is -2.10. The fraction of sp³-hybridized carbons (Fsp3) is 0.133. The highest BCUT2D eigenvalue weighted by Crippen LogP contribution is 2.18. The minimum atomic E-state index is -0.361. The standard InChI is InChI=1S/C15H15NO/c1-11-6-5-9-13(15(16)17)14(11)10-12-7-3-2-4-8-12/h2-9H,10H2,1H3,(H2,16,17). The Hall–Kier alpha value is -2.09. The minimum absolute atomic E-state index is 0.361. The van der Waals surface area contributed by atoms with Crippen LogP contribution < -0.4 is 5.73 Å². The van der Waals surface area contributed by atoms with E-state index in [1.165, 1.54) is 5.56 Å². The number of aryl methyl sites for hydroxylation is 1. The van der Waals surface area contributed by atoms with Crippen LogP contribution in [0.1, 0.15) is 27.0 Å². The summed E-state index contributed by atoms with van der Waals surface area (Å²) in [7, 11) is 0. The molecule has 0 saturated heterocycles. The number of primary amides is 1. The Balaban J connectivity index is 2.41. The van der Waals surface area contributed by atoms with Crippen molar-refractivity contribution in [3.05, 3.63) is 70.8 Å². The molecule has 2 aromatic carbocycles. The van der Waals surface area contributed by atoms with Crippen LogP contribution in [0.2, 0.25) is 0 Å². The summed E-state index contributed by atoms with van der Waals surface area (Å²) in [6, 6.07) is 15.7. The number of amides is 1. The van der Waals surface area contributed by atoms with Gasteiger partial charge in [0.1, 0.15) is 0 Å². The summed E-state index contributed by atoms with van der Waals surface area (Å²) >= 11 is 0. The lowest BCUT2D eigenvalue weighted by molar-refractivity contribution is 0.0999. The first-order valence-corrected chi connectivity index (χ1v) is 5.60. The summed E-state index contributed by atoms with van der Waals surface area (Å²) in [4.78, 5) is 11.4. The molecule has 0 fully saturated rings. The largest absolute Gasteiger partial charge is 0.366 e. The van der Waals surface area contributed by atoms with Gasteiger partial charge >= 0.3 is 0 Å². The van der Waals surface area contributed by atoms with Crippen LogP contribution in [0.3, 0.4) is 0 Å². The maximum atomic E-state index is 11.4. The molecule has 0 atom stereocenters. The number of benzene rings is 2. The van der Waals surface area contributed by atoms with E-state index in [4.69, 9.17) is 5.73 Å². The van der Waals surface area contributed by atoms with Crippen LogP contribution in [-0.2, 0) is 6.42 Å². The molecule has 0 aliphatic heterocycles. The van der Waals surface area contributed by atoms with Gasteiger partial charge in [0, 0.05) is 5.56 Å². The molecule has 0 radical (unpaired) electrons. The second-order valence-electron chi connectivity index (χ2n) is 4.13. The smallest absolute Gasteiger partial charge is 0.248 e. The molecule has 0 spiro atoms. The third kappa shape index (κ3) is 2.53. The molecule has 0 aliphatic carbocycles. The number of hydrogen-bond acceptors (Lipinski definition) is 1. The SMILES string of the molecule is Cc1cccc(C(N)=O)c1Cc1ccccc1. The van der Waals surface area contributed by atoms with Crippen molar-refractivity contribution >= 4 is 5.91 Å².